The molecule has 20 heavy (non-hydrogen) atoms. The maximum absolute atomic E-state index is 4.40. The highest BCUT2D eigenvalue weighted by atomic mass is 127. The highest BCUT2D eigenvalue weighted by molar-refractivity contribution is 14.1. The van der Waals surface area contributed by atoms with Crippen LogP contribution in [0.5, 0.6) is 0 Å². The van der Waals surface area contributed by atoms with Crippen LogP contribution in [0.25, 0.3) is 0 Å². The Morgan fingerprint density at radius 3 is 2.60 bits per heavy atom. The zero-order valence-electron chi connectivity index (χ0n) is 11.9. The average Bonchev–Trinajstić information content (AvgIpc) is 2.39. The summed E-state index contributed by atoms with van der Waals surface area (Å²) >= 11 is 2.31. The lowest BCUT2D eigenvalue weighted by atomic mass is 10.0. The van der Waals surface area contributed by atoms with Crippen molar-refractivity contribution in [1.82, 2.24) is 9.97 Å². The van der Waals surface area contributed by atoms with Crippen LogP contribution in [0, 0.1) is 3.57 Å². The van der Waals surface area contributed by atoms with E-state index in [1.54, 1.807) is 6.33 Å². The van der Waals surface area contributed by atoms with Gasteiger partial charge in [-0.25, -0.2) is 9.97 Å². The number of rotatable bonds is 5. The second-order valence-corrected chi connectivity index (χ2v) is 6.05. The van der Waals surface area contributed by atoms with E-state index < -0.39 is 0 Å². The molecule has 0 atom stereocenters. The fourth-order valence-electron chi connectivity index (χ4n) is 2.05. The number of nitrogens with one attached hydrogen (secondary N) is 2. The third kappa shape index (κ3) is 3.59. The van der Waals surface area contributed by atoms with E-state index in [0.717, 1.165) is 29.4 Å². The molecule has 1 aromatic heterocycles. The van der Waals surface area contributed by atoms with Gasteiger partial charge >= 0.3 is 0 Å². The number of nitrogens with zero attached hydrogens (tertiary/aromatic N) is 2. The maximum atomic E-state index is 4.40. The summed E-state index contributed by atoms with van der Waals surface area (Å²) in [4.78, 5) is 8.75. The molecule has 0 bridgehead atoms. The van der Waals surface area contributed by atoms with Gasteiger partial charge in [-0.1, -0.05) is 19.9 Å². The minimum absolute atomic E-state index is 0.343. The largest absolute Gasteiger partial charge is 0.370 e. The van der Waals surface area contributed by atoms with Crippen molar-refractivity contribution in [1.29, 1.82) is 0 Å². The molecule has 106 valence electrons. The monoisotopic (exact) mass is 382 g/mol. The second-order valence-electron chi connectivity index (χ2n) is 4.80. The predicted molar refractivity (Wildman–Crippen MR) is 92.7 cm³/mol. The standard InChI is InChI=1S/C15H19IN4/c1-4-17-14-13(10(2)3)15(19-9-18-14)20-12-7-5-6-11(16)8-12/h5-10H,4H2,1-3H3,(H2,17,18,19,20). The smallest absolute Gasteiger partial charge is 0.139 e. The minimum atomic E-state index is 0.343. The van der Waals surface area contributed by atoms with Gasteiger partial charge in [0.25, 0.3) is 0 Å². The Morgan fingerprint density at radius 1 is 1.20 bits per heavy atom. The lowest BCUT2D eigenvalue weighted by Gasteiger charge is -2.17. The molecular weight excluding hydrogens is 363 g/mol. The molecule has 5 heteroatoms. The number of hydrogen-bond acceptors (Lipinski definition) is 4. The number of halogens is 1. The van der Waals surface area contributed by atoms with Crippen LogP contribution in [0.15, 0.2) is 30.6 Å². The van der Waals surface area contributed by atoms with Gasteiger partial charge in [0.2, 0.25) is 0 Å². The van der Waals surface area contributed by atoms with E-state index in [0.29, 0.717) is 5.92 Å². The van der Waals surface area contributed by atoms with Crippen molar-refractivity contribution in [3.05, 3.63) is 39.7 Å². The van der Waals surface area contributed by atoms with Gasteiger partial charge in [0.15, 0.2) is 0 Å². The Kier molecular flexibility index (Phi) is 5.17. The summed E-state index contributed by atoms with van der Waals surface area (Å²) in [6.07, 6.45) is 1.60. The lowest BCUT2D eigenvalue weighted by Crippen LogP contribution is -2.09. The molecule has 1 aromatic carbocycles. The first kappa shape index (κ1) is 15.0. The van der Waals surface area contributed by atoms with Gasteiger partial charge in [0.1, 0.15) is 18.0 Å². The third-order valence-electron chi connectivity index (χ3n) is 2.89. The summed E-state index contributed by atoms with van der Waals surface area (Å²) in [7, 11) is 0. The van der Waals surface area contributed by atoms with E-state index in [4.69, 9.17) is 0 Å². The Bertz CT molecular complexity index is 584. The summed E-state index contributed by atoms with van der Waals surface area (Å²) in [5.41, 5.74) is 2.16. The number of anilines is 3. The van der Waals surface area contributed by atoms with E-state index in [1.807, 2.05) is 12.1 Å². The number of benzene rings is 1. The summed E-state index contributed by atoms with van der Waals surface area (Å²) in [5.74, 6) is 2.12. The van der Waals surface area contributed by atoms with Gasteiger partial charge < -0.3 is 10.6 Å². The molecule has 0 saturated carbocycles. The number of hydrogen-bond donors (Lipinski definition) is 2. The molecular formula is C15H19IN4. The molecule has 1 heterocycles. The van der Waals surface area contributed by atoms with Crippen molar-refractivity contribution < 1.29 is 0 Å². The second kappa shape index (κ2) is 6.88. The molecule has 0 unspecified atom stereocenters. The maximum Gasteiger partial charge on any atom is 0.139 e. The van der Waals surface area contributed by atoms with Gasteiger partial charge in [-0.3, -0.25) is 0 Å². The molecule has 0 amide bonds. The summed E-state index contributed by atoms with van der Waals surface area (Å²) in [5, 5.41) is 6.70. The molecule has 2 aromatic rings. The molecule has 2 N–H and O–H groups in total. The van der Waals surface area contributed by atoms with Gasteiger partial charge in [0, 0.05) is 21.4 Å². The van der Waals surface area contributed by atoms with Crippen molar-refractivity contribution in [2.24, 2.45) is 0 Å². The fraction of sp³-hybridized carbons (Fsp3) is 0.333. The van der Waals surface area contributed by atoms with E-state index in [1.165, 1.54) is 3.57 Å². The quantitative estimate of drug-likeness (QED) is 0.754. The van der Waals surface area contributed by atoms with Gasteiger partial charge in [-0.2, -0.15) is 0 Å². The molecule has 0 spiro atoms. The van der Waals surface area contributed by atoms with Crippen LogP contribution < -0.4 is 10.6 Å². The van der Waals surface area contributed by atoms with E-state index >= 15 is 0 Å². The van der Waals surface area contributed by atoms with Crippen molar-refractivity contribution in [2.45, 2.75) is 26.7 Å². The Labute approximate surface area is 133 Å². The molecule has 2 rings (SSSR count). The molecule has 0 fully saturated rings. The van der Waals surface area contributed by atoms with Crippen LogP contribution >= 0.6 is 22.6 Å². The summed E-state index contributed by atoms with van der Waals surface area (Å²) in [6.45, 7) is 7.22. The molecule has 0 saturated heterocycles. The van der Waals surface area contributed by atoms with Crippen LogP contribution in [-0.2, 0) is 0 Å². The molecule has 4 nitrogen and oxygen atoms in total. The van der Waals surface area contributed by atoms with Crippen LogP contribution in [-0.4, -0.2) is 16.5 Å². The van der Waals surface area contributed by atoms with E-state index in [9.17, 15) is 0 Å². The van der Waals surface area contributed by atoms with Crippen molar-refractivity contribution >= 4 is 39.9 Å². The third-order valence-corrected chi connectivity index (χ3v) is 3.56. The lowest BCUT2D eigenvalue weighted by molar-refractivity contribution is 0.849. The topological polar surface area (TPSA) is 49.8 Å². The van der Waals surface area contributed by atoms with Crippen LogP contribution in [0.2, 0.25) is 0 Å². The van der Waals surface area contributed by atoms with Crippen LogP contribution in [0.1, 0.15) is 32.3 Å². The Balaban J connectivity index is 2.38. The van der Waals surface area contributed by atoms with Crippen LogP contribution in [0.4, 0.5) is 17.3 Å². The summed E-state index contributed by atoms with van der Waals surface area (Å²) < 4.78 is 1.19. The SMILES string of the molecule is CCNc1ncnc(Nc2cccc(I)c2)c1C(C)C. The van der Waals surface area contributed by atoms with Crippen LogP contribution in [0.3, 0.4) is 0 Å². The van der Waals surface area contributed by atoms with Gasteiger partial charge in [0.05, 0.1) is 0 Å². The van der Waals surface area contributed by atoms with Crippen molar-refractivity contribution in [2.75, 3.05) is 17.2 Å². The first-order valence-corrected chi connectivity index (χ1v) is 7.81. The molecule has 0 aliphatic rings. The van der Waals surface area contributed by atoms with E-state index in [-0.39, 0.29) is 0 Å². The molecule has 0 radical (unpaired) electrons. The molecule has 0 aliphatic heterocycles. The van der Waals surface area contributed by atoms with Crippen molar-refractivity contribution in [3.8, 4) is 0 Å². The van der Waals surface area contributed by atoms with E-state index in [2.05, 4.69) is 76.1 Å². The normalized spacial score (nSPS) is 10.7. The Hall–Kier alpha value is -1.37. The fourth-order valence-corrected chi connectivity index (χ4v) is 2.60. The number of aromatic nitrogens is 2. The summed E-state index contributed by atoms with van der Waals surface area (Å²) in [6, 6.07) is 8.24. The first-order valence-electron chi connectivity index (χ1n) is 6.73. The zero-order chi connectivity index (χ0) is 14.5. The van der Waals surface area contributed by atoms with Gasteiger partial charge in [-0.05, 0) is 53.6 Å². The Morgan fingerprint density at radius 2 is 1.95 bits per heavy atom. The zero-order valence-corrected chi connectivity index (χ0v) is 14.1. The average molecular weight is 382 g/mol. The van der Waals surface area contributed by atoms with Crippen molar-refractivity contribution in [3.63, 3.8) is 0 Å². The first-order chi connectivity index (χ1) is 9.61. The van der Waals surface area contributed by atoms with Gasteiger partial charge in [-0.15, -0.1) is 0 Å². The molecule has 0 aliphatic carbocycles. The highest BCUT2D eigenvalue weighted by Crippen LogP contribution is 2.30. The highest BCUT2D eigenvalue weighted by Gasteiger charge is 2.14. The minimum Gasteiger partial charge on any atom is -0.370 e. The predicted octanol–water partition coefficient (Wildman–Crippen LogP) is 4.38.